The number of nitrogens with one attached hydrogen (secondary N) is 1. The van der Waals surface area contributed by atoms with Crippen LogP contribution in [0, 0.1) is 13.8 Å². The minimum atomic E-state index is -0.108. The van der Waals surface area contributed by atoms with Gasteiger partial charge in [0.1, 0.15) is 11.5 Å². The Morgan fingerprint density at radius 1 is 1.08 bits per heavy atom. The van der Waals surface area contributed by atoms with E-state index in [2.05, 4.69) is 16.8 Å². The van der Waals surface area contributed by atoms with E-state index in [1.165, 1.54) is 32.1 Å². The third kappa shape index (κ3) is 3.57. The number of hydrogen-bond acceptors (Lipinski definition) is 3. The zero-order valence-electron chi connectivity index (χ0n) is 16.1. The van der Waals surface area contributed by atoms with Crippen molar-refractivity contribution >= 4 is 11.6 Å². The van der Waals surface area contributed by atoms with Crippen molar-refractivity contribution in [1.82, 2.24) is 4.57 Å². The van der Waals surface area contributed by atoms with E-state index in [9.17, 15) is 4.79 Å². The summed E-state index contributed by atoms with van der Waals surface area (Å²) in [6.45, 7) is 4.13. The summed E-state index contributed by atoms with van der Waals surface area (Å²) in [6, 6.07) is 7.89. The largest absolute Gasteiger partial charge is 0.497 e. The van der Waals surface area contributed by atoms with Crippen LogP contribution in [-0.4, -0.2) is 24.7 Å². The summed E-state index contributed by atoms with van der Waals surface area (Å²) in [4.78, 5) is 12.9. The predicted molar refractivity (Wildman–Crippen MR) is 104 cm³/mol. The average Bonchev–Trinajstić information content (AvgIpc) is 2.97. The first-order valence-corrected chi connectivity index (χ1v) is 9.27. The van der Waals surface area contributed by atoms with Crippen molar-refractivity contribution in [3.63, 3.8) is 0 Å². The Labute approximate surface area is 155 Å². The Hall–Kier alpha value is -2.43. The molecule has 1 N–H and O–H groups in total. The molecule has 1 aromatic heterocycles. The summed E-state index contributed by atoms with van der Waals surface area (Å²) in [5.41, 5.74) is 3.56. The SMILES string of the molecule is COc1ccc(NC(=O)c2cc(C)n(C3CCCCC3)c2C)c(OC)c1. The number of hydrogen-bond donors (Lipinski definition) is 1. The highest BCUT2D eigenvalue weighted by atomic mass is 16.5. The second kappa shape index (κ2) is 7.85. The van der Waals surface area contributed by atoms with Gasteiger partial charge in [-0.15, -0.1) is 0 Å². The number of rotatable bonds is 5. The van der Waals surface area contributed by atoms with Crippen LogP contribution in [0.4, 0.5) is 5.69 Å². The second-order valence-electron chi connectivity index (χ2n) is 6.97. The Balaban J connectivity index is 1.84. The molecule has 1 heterocycles. The van der Waals surface area contributed by atoms with Gasteiger partial charge in [0.2, 0.25) is 0 Å². The number of carbonyl (C=O) groups excluding carboxylic acids is 1. The molecule has 0 aliphatic heterocycles. The molecular formula is C21H28N2O3. The van der Waals surface area contributed by atoms with Crippen LogP contribution in [0.1, 0.15) is 59.9 Å². The topological polar surface area (TPSA) is 52.5 Å². The van der Waals surface area contributed by atoms with E-state index in [4.69, 9.17) is 9.47 Å². The van der Waals surface area contributed by atoms with Gasteiger partial charge >= 0.3 is 0 Å². The molecular weight excluding hydrogens is 328 g/mol. The van der Waals surface area contributed by atoms with Crippen molar-refractivity contribution < 1.29 is 14.3 Å². The minimum absolute atomic E-state index is 0.108. The maximum Gasteiger partial charge on any atom is 0.257 e. The maximum absolute atomic E-state index is 12.9. The Morgan fingerprint density at radius 2 is 1.81 bits per heavy atom. The van der Waals surface area contributed by atoms with E-state index in [0.717, 1.165) is 17.0 Å². The highest BCUT2D eigenvalue weighted by Gasteiger charge is 2.23. The molecule has 0 spiro atoms. The Kier molecular flexibility index (Phi) is 5.55. The van der Waals surface area contributed by atoms with Gasteiger partial charge < -0.3 is 19.4 Å². The number of anilines is 1. The first kappa shape index (κ1) is 18.4. The molecule has 0 atom stereocenters. The lowest BCUT2D eigenvalue weighted by molar-refractivity contribution is 0.102. The number of aromatic nitrogens is 1. The van der Waals surface area contributed by atoms with Gasteiger partial charge in [-0.25, -0.2) is 0 Å². The lowest BCUT2D eigenvalue weighted by atomic mass is 9.95. The van der Waals surface area contributed by atoms with Crippen molar-refractivity contribution in [2.24, 2.45) is 0 Å². The van der Waals surface area contributed by atoms with Crippen LogP contribution in [0.2, 0.25) is 0 Å². The van der Waals surface area contributed by atoms with Gasteiger partial charge in [-0.2, -0.15) is 0 Å². The monoisotopic (exact) mass is 356 g/mol. The van der Waals surface area contributed by atoms with Gasteiger partial charge in [0.05, 0.1) is 25.5 Å². The summed E-state index contributed by atoms with van der Waals surface area (Å²) in [5, 5.41) is 2.98. The van der Waals surface area contributed by atoms with Crippen molar-refractivity contribution in [3.8, 4) is 11.5 Å². The molecule has 2 aromatic rings. The first-order chi connectivity index (χ1) is 12.5. The molecule has 0 unspecified atom stereocenters. The van der Waals surface area contributed by atoms with Crippen LogP contribution in [0.15, 0.2) is 24.3 Å². The van der Waals surface area contributed by atoms with E-state index in [-0.39, 0.29) is 5.91 Å². The van der Waals surface area contributed by atoms with Gasteiger partial charge in [0, 0.05) is 23.5 Å². The zero-order chi connectivity index (χ0) is 18.7. The Morgan fingerprint density at radius 3 is 2.46 bits per heavy atom. The van der Waals surface area contributed by atoms with Gasteiger partial charge in [-0.05, 0) is 44.9 Å². The molecule has 26 heavy (non-hydrogen) atoms. The van der Waals surface area contributed by atoms with Crippen molar-refractivity contribution in [3.05, 3.63) is 41.2 Å². The zero-order valence-corrected chi connectivity index (χ0v) is 16.1. The van der Waals surface area contributed by atoms with Crippen LogP contribution < -0.4 is 14.8 Å². The average molecular weight is 356 g/mol. The predicted octanol–water partition coefficient (Wildman–Crippen LogP) is 4.88. The van der Waals surface area contributed by atoms with E-state index in [0.29, 0.717) is 23.2 Å². The van der Waals surface area contributed by atoms with Crippen LogP contribution in [0.25, 0.3) is 0 Å². The van der Waals surface area contributed by atoms with E-state index in [1.807, 2.05) is 19.1 Å². The summed E-state index contributed by atoms with van der Waals surface area (Å²) in [7, 11) is 3.19. The highest BCUT2D eigenvalue weighted by Crippen LogP contribution is 2.33. The van der Waals surface area contributed by atoms with Crippen LogP contribution in [0.3, 0.4) is 0 Å². The standard InChI is InChI=1S/C21H28N2O3/c1-14-12-18(15(2)23(14)16-8-6-5-7-9-16)21(24)22-19-11-10-17(25-3)13-20(19)26-4/h10-13,16H,5-9H2,1-4H3,(H,22,24). The lowest BCUT2D eigenvalue weighted by Gasteiger charge is -2.26. The summed E-state index contributed by atoms with van der Waals surface area (Å²) in [6.07, 6.45) is 6.26. The molecule has 0 saturated heterocycles. The van der Waals surface area contributed by atoms with Crippen LogP contribution in [-0.2, 0) is 0 Å². The van der Waals surface area contributed by atoms with Crippen molar-refractivity contribution in [1.29, 1.82) is 0 Å². The molecule has 3 rings (SSSR count). The number of ether oxygens (including phenoxy) is 2. The molecule has 1 amide bonds. The molecule has 5 nitrogen and oxygen atoms in total. The smallest absolute Gasteiger partial charge is 0.257 e. The van der Waals surface area contributed by atoms with Crippen LogP contribution >= 0.6 is 0 Å². The maximum atomic E-state index is 12.9. The number of carbonyl (C=O) groups is 1. The Bertz CT molecular complexity index is 789. The first-order valence-electron chi connectivity index (χ1n) is 9.27. The number of amides is 1. The molecule has 1 saturated carbocycles. The van der Waals surface area contributed by atoms with E-state index in [1.54, 1.807) is 26.4 Å². The normalized spacial score (nSPS) is 14.9. The third-order valence-corrected chi connectivity index (χ3v) is 5.33. The number of methoxy groups -OCH3 is 2. The number of nitrogens with zero attached hydrogens (tertiary/aromatic N) is 1. The number of aryl methyl sites for hydroxylation is 1. The van der Waals surface area contributed by atoms with Gasteiger partial charge in [0.15, 0.2) is 0 Å². The summed E-state index contributed by atoms with van der Waals surface area (Å²) in [5.74, 6) is 1.16. The van der Waals surface area contributed by atoms with Gasteiger partial charge in [-0.1, -0.05) is 19.3 Å². The molecule has 0 bridgehead atoms. The minimum Gasteiger partial charge on any atom is -0.497 e. The molecule has 1 fully saturated rings. The molecule has 5 heteroatoms. The third-order valence-electron chi connectivity index (χ3n) is 5.33. The highest BCUT2D eigenvalue weighted by molar-refractivity contribution is 6.06. The second-order valence-corrected chi connectivity index (χ2v) is 6.97. The van der Waals surface area contributed by atoms with Crippen molar-refractivity contribution in [2.75, 3.05) is 19.5 Å². The quantitative estimate of drug-likeness (QED) is 0.831. The van der Waals surface area contributed by atoms with Gasteiger partial charge in [-0.3, -0.25) is 4.79 Å². The summed E-state index contributed by atoms with van der Waals surface area (Å²) < 4.78 is 12.9. The van der Waals surface area contributed by atoms with Gasteiger partial charge in [0.25, 0.3) is 5.91 Å². The molecule has 0 radical (unpaired) electrons. The van der Waals surface area contributed by atoms with Crippen molar-refractivity contribution in [2.45, 2.75) is 52.0 Å². The summed E-state index contributed by atoms with van der Waals surface area (Å²) >= 11 is 0. The van der Waals surface area contributed by atoms with Crippen LogP contribution in [0.5, 0.6) is 11.5 Å². The molecule has 1 aromatic carbocycles. The fourth-order valence-corrected chi connectivity index (χ4v) is 4.00. The van der Waals surface area contributed by atoms with E-state index < -0.39 is 0 Å². The fourth-order valence-electron chi connectivity index (χ4n) is 4.00. The molecule has 1 aliphatic rings. The fraction of sp³-hybridized carbons (Fsp3) is 0.476. The number of benzene rings is 1. The van der Waals surface area contributed by atoms with E-state index >= 15 is 0 Å². The lowest BCUT2D eigenvalue weighted by Crippen LogP contribution is -2.17. The molecule has 140 valence electrons. The molecule has 1 aliphatic carbocycles.